The summed E-state index contributed by atoms with van der Waals surface area (Å²) in [6.07, 6.45) is 2.09. The lowest BCUT2D eigenvalue weighted by atomic mass is 10.1. The van der Waals surface area contributed by atoms with Gasteiger partial charge in [-0.2, -0.15) is 11.8 Å². The van der Waals surface area contributed by atoms with Crippen molar-refractivity contribution in [3.05, 3.63) is 35.4 Å². The molecule has 0 radical (unpaired) electrons. The minimum Gasteiger partial charge on any atom is -0.355 e. The molecule has 0 saturated heterocycles. The predicted octanol–water partition coefficient (Wildman–Crippen LogP) is 2.94. The molecular formula is C18H33IN4O2S2. The number of guanidine groups is 1. The molecule has 0 saturated carbocycles. The fourth-order valence-electron chi connectivity index (χ4n) is 2.15. The van der Waals surface area contributed by atoms with E-state index in [1.54, 1.807) is 18.8 Å². The second-order valence-electron chi connectivity index (χ2n) is 7.09. The molecule has 0 unspecified atom stereocenters. The maximum atomic E-state index is 12.0. The Hall–Kier alpha value is -0.520. The molecule has 27 heavy (non-hydrogen) atoms. The molecule has 0 heterocycles. The summed E-state index contributed by atoms with van der Waals surface area (Å²) in [5, 5.41) is 6.60. The predicted molar refractivity (Wildman–Crippen MR) is 129 cm³/mol. The molecule has 0 aliphatic carbocycles. The van der Waals surface area contributed by atoms with Gasteiger partial charge in [-0.3, -0.25) is 4.99 Å². The fraction of sp³-hybridized carbons (Fsp3) is 0.611. The average Bonchev–Trinajstić information content (AvgIpc) is 2.55. The van der Waals surface area contributed by atoms with Crippen molar-refractivity contribution in [3.8, 4) is 0 Å². The van der Waals surface area contributed by atoms with E-state index in [1.807, 2.05) is 38.1 Å². The van der Waals surface area contributed by atoms with E-state index < -0.39 is 10.0 Å². The van der Waals surface area contributed by atoms with Gasteiger partial charge in [-0.15, -0.1) is 24.0 Å². The Morgan fingerprint density at radius 2 is 1.70 bits per heavy atom. The zero-order chi connectivity index (χ0) is 19.8. The maximum absolute atomic E-state index is 12.0. The van der Waals surface area contributed by atoms with Crippen LogP contribution in [0.15, 0.2) is 29.3 Å². The smallest absolute Gasteiger partial charge is 0.216 e. The van der Waals surface area contributed by atoms with Crippen LogP contribution in [-0.4, -0.2) is 45.0 Å². The Kier molecular flexibility index (Phi) is 11.9. The summed E-state index contributed by atoms with van der Waals surface area (Å²) < 4.78 is 26.7. The summed E-state index contributed by atoms with van der Waals surface area (Å²) in [5.74, 6) is 0.742. The molecule has 0 bridgehead atoms. The van der Waals surface area contributed by atoms with Crippen molar-refractivity contribution in [2.75, 3.05) is 19.8 Å². The molecule has 0 fully saturated rings. The third-order valence-electron chi connectivity index (χ3n) is 3.71. The third-order valence-corrected chi connectivity index (χ3v) is 6.51. The molecule has 3 N–H and O–H groups in total. The molecule has 1 rings (SSSR count). The number of hydrogen-bond donors (Lipinski definition) is 3. The Bertz CT molecular complexity index is 690. The summed E-state index contributed by atoms with van der Waals surface area (Å²) in [5.41, 5.74) is 1.83. The van der Waals surface area contributed by atoms with E-state index in [-0.39, 0.29) is 40.5 Å². The van der Waals surface area contributed by atoms with E-state index in [2.05, 4.69) is 40.5 Å². The van der Waals surface area contributed by atoms with Gasteiger partial charge in [-0.1, -0.05) is 24.3 Å². The zero-order valence-corrected chi connectivity index (χ0v) is 21.0. The lowest BCUT2D eigenvalue weighted by Crippen LogP contribution is -2.42. The van der Waals surface area contributed by atoms with Gasteiger partial charge < -0.3 is 10.6 Å². The van der Waals surface area contributed by atoms with E-state index in [0.29, 0.717) is 6.54 Å². The fourth-order valence-corrected chi connectivity index (χ4v) is 3.80. The highest BCUT2D eigenvalue weighted by atomic mass is 127. The number of nitrogens with one attached hydrogen (secondary N) is 3. The van der Waals surface area contributed by atoms with Gasteiger partial charge in [-0.25, -0.2) is 13.1 Å². The summed E-state index contributed by atoms with van der Waals surface area (Å²) in [4.78, 5) is 4.23. The van der Waals surface area contributed by atoms with Crippen LogP contribution in [0.2, 0.25) is 0 Å². The Balaban J connectivity index is 0.00000676. The van der Waals surface area contributed by atoms with Crippen molar-refractivity contribution in [1.82, 2.24) is 15.4 Å². The van der Waals surface area contributed by atoms with Crippen molar-refractivity contribution in [3.63, 3.8) is 0 Å². The SMILES string of the molecule is CN=C(NCc1ccc(CS(=O)(=O)NC(C)C)cc1)NCC(C)(C)SC.I. The minimum atomic E-state index is -3.30. The van der Waals surface area contributed by atoms with Gasteiger partial charge in [0.1, 0.15) is 0 Å². The van der Waals surface area contributed by atoms with Crippen molar-refractivity contribution in [2.45, 2.75) is 50.8 Å². The highest BCUT2D eigenvalue weighted by Crippen LogP contribution is 2.19. The summed E-state index contributed by atoms with van der Waals surface area (Å²) >= 11 is 1.80. The lowest BCUT2D eigenvalue weighted by Gasteiger charge is -2.23. The minimum absolute atomic E-state index is 0. The molecule has 6 nitrogen and oxygen atoms in total. The molecular weight excluding hydrogens is 495 g/mol. The molecule has 0 spiro atoms. The summed E-state index contributed by atoms with van der Waals surface area (Å²) in [6.45, 7) is 9.42. The standard InChI is InChI=1S/C18H32N4O2S2.HI/c1-14(2)22-26(23,24)12-16-9-7-15(8-10-16)11-20-17(19-5)21-13-18(3,4)25-6;/h7-10,14,22H,11-13H2,1-6H3,(H2,19,20,21);1H. The first-order valence-electron chi connectivity index (χ1n) is 8.64. The van der Waals surface area contributed by atoms with E-state index in [0.717, 1.165) is 23.6 Å². The monoisotopic (exact) mass is 528 g/mol. The second-order valence-corrected chi connectivity index (χ2v) is 10.4. The van der Waals surface area contributed by atoms with Gasteiger partial charge >= 0.3 is 0 Å². The second kappa shape index (κ2) is 12.1. The first-order chi connectivity index (χ1) is 12.1. The van der Waals surface area contributed by atoms with Crippen LogP contribution in [0.4, 0.5) is 0 Å². The Labute approximate surface area is 185 Å². The van der Waals surface area contributed by atoms with Crippen molar-refractivity contribution in [1.29, 1.82) is 0 Å². The van der Waals surface area contributed by atoms with E-state index in [9.17, 15) is 8.42 Å². The lowest BCUT2D eigenvalue weighted by molar-refractivity contribution is 0.569. The quantitative estimate of drug-likeness (QED) is 0.261. The number of hydrogen-bond acceptors (Lipinski definition) is 4. The van der Waals surface area contributed by atoms with Gasteiger partial charge in [-0.05, 0) is 45.1 Å². The van der Waals surface area contributed by atoms with Crippen LogP contribution in [0.5, 0.6) is 0 Å². The number of aliphatic imine (C=N–C) groups is 1. The maximum Gasteiger partial charge on any atom is 0.216 e. The van der Waals surface area contributed by atoms with Crippen LogP contribution in [-0.2, 0) is 22.3 Å². The number of halogens is 1. The molecule has 0 aliphatic rings. The molecule has 9 heteroatoms. The van der Waals surface area contributed by atoms with Crippen LogP contribution >= 0.6 is 35.7 Å². The van der Waals surface area contributed by atoms with Crippen LogP contribution < -0.4 is 15.4 Å². The average molecular weight is 529 g/mol. The van der Waals surface area contributed by atoms with Gasteiger partial charge in [0, 0.05) is 30.9 Å². The number of rotatable bonds is 9. The molecule has 0 aromatic heterocycles. The number of thioether (sulfide) groups is 1. The number of sulfonamides is 1. The topological polar surface area (TPSA) is 82.6 Å². The van der Waals surface area contributed by atoms with Gasteiger partial charge in [0.2, 0.25) is 10.0 Å². The molecule has 0 atom stereocenters. The van der Waals surface area contributed by atoms with Crippen molar-refractivity contribution in [2.24, 2.45) is 4.99 Å². The zero-order valence-electron chi connectivity index (χ0n) is 17.0. The van der Waals surface area contributed by atoms with Crippen LogP contribution in [0.1, 0.15) is 38.8 Å². The van der Waals surface area contributed by atoms with Gasteiger partial charge in [0.25, 0.3) is 0 Å². The molecule has 156 valence electrons. The molecule has 0 aliphatic heterocycles. The molecule has 0 amide bonds. The van der Waals surface area contributed by atoms with E-state index >= 15 is 0 Å². The third kappa shape index (κ3) is 11.2. The van der Waals surface area contributed by atoms with Gasteiger partial charge in [0.15, 0.2) is 5.96 Å². The molecule has 1 aromatic rings. The first-order valence-corrected chi connectivity index (χ1v) is 11.5. The van der Waals surface area contributed by atoms with Crippen LogP contribution in [0.3, 0.4) is 0 Å². The highest BCUT2D eigenvalue weighted by molar-refractivity contribution is 14.0. The summed E-state index contributed by atoms with van der Waals surface area (Å²) in [6, 6.07) is 7.48. The number of benzene rings is 1. The number of nitrogens with zero attached hydrogens (tertiary/aromatic N) is 1. The van der Waals surface area contributed by atoms with E-state index in [1.165, 1.54) is 0 Å². The Morgan fingerprint density at radius 3 is 2.19 bits per heavy atom. The van der Waals surface area contributed by atoms with Crippen molar-refractivity contribution < 1.29 is 8.42 Å². The normalized spacial score (nSPS) is 12.6. The largest absolute Gasteiger partial charge is 0.355 e. The summed E-state index contributed by atoms with van der Waals surface area (Å²) in [7, 11) is -1.55. The van der Waals surface area contributed by atoms with Crippen LogP contribution in [0.25, 0.3) is 0 Å². The first kappa shape index (κ1) is 26.5. The Morgan fingerprint density at radius 1 is 1.15 bits per heavy atom. The van der Waals surface area contributed by atoms with Crippen LogP contribution in [0, 0.1) is 0 Å². The molecule has 1 aromatic carbocycles. The van der Waals surface area contributed by atoms with E-state index in [4.69, 9.17) is 0 Å². The van der Waals surface area contributed by atoms with Gasteiger partial charge in [0.05, 0.1) is 5.75 Å². The van der Waals surface area contributed by atoms with Crippen molar-refractivity contribution >= 4 is 51.7 Å². The highest BCUT2D eigenvalue weighted by Gasteiger charge is 2.16.